The number of rotatable bonds is 4. The Morgan fingerprint density at radius 2 is 1.74 bits per heavy atom. The summed E-state index contributed by atoms with van der Waals surface area (Å²) in [4.78, 5) is 25.9. The second kappa shape index (κ2) is 9.04. The second-order valence-corrected chi connectivity index (χ2v) is 6.70. The molecule has 1 saturated heterocycles. The van der Waals surface area contributed by atoms with Crippen LogP contribution in [0.2, 0.25) is 10.0 Å². The maximum absolute atomic E-state index is 12.3. The molecule has 0 spiro atoms. The molecule has 27 heavy (non-hydrogen) atoms. The van der Waals surface area contributed by atoms with Crippen LogP contribution in [0.25, 0.3) is 6.08 Å². The monoisotopic (exact) mass is 405 g/mol. The molecule has 2 aromatic rings. The molecule has 0 N–H and O–H groups in total. The Balaban J connectivity index is 1.61. The molecule has 1 aliphatic rings. The Bertz CT molecular complexity index is 859. The van der Waals surface area contributed by atoms with E-state index in [1.54, 1.807) is 53.4 Å². The molecule has 0 saturated carbocycles. The number of benzene rings is 2. The minimum atomic E-state index is -0.422. The van der Waals surface area contributed by atoms with Gasteiger partial charge in [0.1, 0.15) is 5.75 Å². The van der Waals surface area contributed by atoms with Crippen LogP contribution in [-0.4, -0.2) is 43.1 Å². The lowest BCUT2D eigenvalue weighted by atomic mass is 10.1. The number of hydrogen-bond acceptors (Lipinski definition) is 4. The molecule has 0 aromatic heterocycles. The molecule has 2 aromatic carbocycles. The van der Waals surface area contributed by atoms with Gasteiger partial charge in [0.05, 0.1) is 13.2 Å². The van der Waals surface area contributed by atoms with Gasteiger partial charge in [0.15, 0.2) is 5.78 Å². The van der Waals surface area contributed by atoms with E-state index in [-0.39, 0.29) is 5.78 Å². The molecule has 140 valence electrons. The molecule has 0 radical (unpaired) electrons. The van der Waals surface area contributed by atoms with Gasteiger partial charge in [-0.1, -0.05) is 29.3 Å². The van der Waals surface area contributed by atoms with Crippen molar-refractivity contribution in [2.75, 3.05) is 26.3 Å². The van der Waals surface area contributed by atoms with Crippen LogP contribution in [0.4, 0.5) is 4.79 Å². The van der Waals surface area contributed by atoms with Crippen LogP contribution >= 0.6 is 23.2 Å². The fourth-order valence-electron chi connectivity index (χ4n) is 2.50. The van der Waals surface area contributed by atoms with Crippen molar-refractivity contribution in [3.8, 4) is 5.75 Å². The van der Waals surface area contributed by atoms with Crippen molar-refractivity contribution in [2.45, 2.75) is 0 Å². The summed E-state index contributed by atoms with van der Waals surface area (Å²) >= 11 is 11.9. The van der Waals surface area contributed by atoms with Crippen LogP contribution in [0.1, 0.15) is 15.9 Å². The zero-order chi connectivity index (χ0) is 19.2. The summed E-state index contributed by atoms with van der Waals surface area (Å²) in [6.45, 7) is 2.03. The van der Waals surface area contributed by atoms with Crippen molar-refractivity contribution < 1.29 is 19.1 Å². The molecule has 0 aliphatic carbocycles. The number of allylic oxidation sites excluding steroid dienone is 1. The number of hydrogen-bond donors (Lipinski definition) is 0. The van der Waals surface area contributed by atoms with Gasteiger partial charge in [-0.15, -0.1) is 0 Å². The van der Waals surface area contributed by atoms with E-state index in [2.05, 4.69) is 0 Å². The average Bonchev–Trinajstić information content (AvgIpc) is 2.68. The third-order valence-electron chi connectivity index (χ3n) is 3.99. The molecule has 1 fully saturated rings. The minimum Gasteiger partial charge on any atom is -0.410 e. The second-order valence-electron chi connectivity index (χ2n) is 5.86. The minimum absolute atomic E-state index is 0.188. The highest BCUT2D eigenvalue weighted by molar-refractivity contribution is 6.35. The molecular formula is C20H17Cl2NO4. The Morgan fingerprint density at radius 3 is 2.41 bits per heavy atom. The number of ether oxygens (including phenoxy) is 2. The molecule has 0 unspecified atom stereocenters. The summed E-state index contributed by atoms with van der Waals surface area (Å²) in [5.41, 5.74) is 1.17. The van der Waals surface area contributed by atoms with Crippen LogP contribution in [-0.2, 0) is 4.74 Å². The molecule has 1 heterocycles. The summed E-state index contributed by atoms with van der Waals surface area (Å²) in [6, 6.07) is 11.5. The number of nitrogens with zero attached hydrogens (tertiary/aromatic N) is 1. The first-order chi connectivity index (χ1) is 13.0. The normalized spacial score (nSPS) is 14.4. The fourth-order valence-corrected chi connectivity index (χ4v) is 2.97. The van der Waals surface area contributed by atoms with Crippen LogP contribution in [0.3, 0.4) is 0 Å². The Morgan fingerprint density at radius 1 is 1.04 bits per heavy atom. The van der Waals surface area contributed by atoms with E-state index >= 15 is 0 Å². The molecular weight excluding hydrogens is 389 g/mol. The third kappa shape index (κ3) is 5.32. The Hall–Kier alpha value is -2.34. The predicted molar refractivity (Wildman–Crippen MR) is 105 cm³/mol. The molecule has 5 nitrogen and oxygen atoms in total. The van der Waals surface area contributed by atoms with Gasteiger partial charge in [-0.2, -0.15) is 0 Å². The number of halogens is 2. The topological polar surface area (TPSA) is 55.8 Å². The van der Waals surface area contributed by atoms with Crippen LogP contribution in [0.15, 0.2) is 48.5 Å². The van der Waals surface area contributed by atoms with Gasteiger partial charge in [-0.05, 0) is 54.1 Å². The van der Waals surface area contributed by atoms with Gasteiger partial charge in [-0.3, -0.25) is 4.79 Å². The number of carbonyl (C=O) groups is 2. The number of amides is 1. The molecule has 1 amide bonds. The lowest BCUT2D eigenvalue weighted by Gasteiger charge is -2.25. The average molecular weight is 406 g/mol. The van der Waals surface area contributed by atoms with Crippen LogP contribution in [0.5, 0.6) is 5.75 Å². The lowest BCUT2D eigenvalue weighted by Crippen LogP contribution is -2.42. The molecule has 1 aliphatic heterocycles. The van der Waals surface area contributed by atoms with E-state index in [0.29, 0.717) is 53.2 Å². The summed E-state index contributed by atoms with van der Waals surface area (Å²) in [7, 11) is 0. The van der Waals surface area contributed by atoms with E-state index in [1.807, 2.05) is 0 Å². The van der Waals surface area contributed by atoms with Crippen molar-refractivity contribution in [3.05, 3.63) is 69.7 Å². The third-order valence-corrected chi connectivity index (χ3v) is 4.55. The quantitative estimate of drug-likeness (QED) is 0.545. The van der Waals surface area contributed by atoms with E-state index in [0.717, 1.165) is 0 Å². The van der Waals surface area contributed by atoms with Crippen LogP contribution < -0.4 is 4.74 Å². The van der Waals surface area contributed by atoms with E-state index < -0.39 is 6.09 Å². The first-order valence-corrected chi connectivity index (χ1v) is 9.10. The predicted octanol–water partition coefficient (Wildman–Crippen LogP) is 4.72. The highest BCUT2D eigenvalue weighted by Gasteiger charge is 2.18. The largest absolute Gasteiger partial charge is 0.415 e. The molecule has 0 bridgehead atoms. The molecule has 3 rings (SSSR count). The van der Waals surface area contributed by atoms with Crippen molar-refractivity contribution in [1.82, 2.24) is 4.90 Å². The van der Waals surface area contributed by atoms with Gasteiger partial charge < -0.3 is 14.4 Å². The fraction of sp³-hybridized carbons (Fsp3) is 0.200. The van der Waals surface area contributed by atoms with Gasteiger partial charge in [-0.25, -0.2) is 4.79 Å². The Kier molecular flexibility index (Phi) is 6.50. The van der Waals surface area contributed by atoms with Gasteiger partial charge in [0.2, 0.25) is 0 Å². The molecule has 0 atom stereocenters. The summed E-state index contributed by atoms with van der Waals surface area (Å²) in [5.74, 6) is 0.194. The zero-order valence-corrected chi connectivity index (χ0v) is 15.9. The van der Waals surface area contributed by atoms with Gasteiger partial charge in [0.25, 0.3) is 0 Å². The van der Waals surface area contributed by atoms with E-state index in [9.17, 15) is 9.59 Å². The maximum Gasteiger partial charge on any atom is 0.415 e. The van der Waals surface area contributed by atoms with Crippen molar-refractivity contribution in [2.24, 2.45) is 0 Å². The molecule has 7 heteroatoms. The van der Waals surface area contributed by atoms with Gasteiger partial charge in [0, 0.05) is 28.7 Å². The summed E-state index contributed by atoms with van der Waals surface area (Å²) in [6.07, 6.45) is 2.65. The number of carbonyl (C=O) groups excluding carboxylic acids is 2. The number of ketones is 1. The van der Waals surface area contributed by atoms with Crippen molar-refractivity contribution in [3.63, 3.8) is 0 Å². The Labute approximate surface area is 167 Å². The number of morpholine rings is 1. The maximum atomic E-state index is 12.3. The van der Waals surface area contributed by atoms with Crippen molar-refractivity contribution in [1.29, 1.82) is 0 Å². The van der Waals surface area contributed by atoms with Crippen LogP contribution in [0, 0.1) is 0 Å². The smallest absolute Gasteiger partial charge is 0.410 e. The zero-order valence-electron chi connectivity index (χ0n) is 14.4. The van der Waals surface area contributed by atoms with E-state index in [1.165, 1.54) is 6.08 Å². The lowest BCUT2D eigenvalue weighted by molar-refractivity contribution is 0.0416. The highest BCUT2D eigenvalue weighted by atomic mass is 35.5. The van der Waals surface area contributed by atoms with E-state index in [4.69, 9.17) is 32.7 Å². The summed E-state index contributed by atoms with van der Waals surface area (Å²) in [5, 5.41) is 1.00. The standard InChI is InChI=1S/C20H17Cl2NO4/c21-16-5-1-14(18(22)13-16)4-8-19(24)15-2-6-17(7-3-15)27-20(25)23-9-11-26-12-10-23/h1-8,13H,9-12H2. The van der Waals surface area contributed by atoms with Crippen molar-refractivity contribution >= 4 is 41.2 Å². The first kappa shape index (κ1) is 19.4. The SMILES string of the molecule is O=C(C=Cc1ccc(Cl)cc1Cl)c1ccc(OC(=O)N2CCOCC2)cc1. The first-order valence-electron chi connectivity index (χ1n) is 8.35. The highest BCUT2D eigenvalue weighted by Crippen LogP contribution is 2.22. The summed E-state index contributed by atoms with van der Waals surface area (Å²) < 4.78 is 10.5. The van der Waals surface area contributed by atoms with Gasteiger partial charge >= 0.3 is 6.09 Å².